The summed E-state index contributed by atoms with van der Waals surface area (Å²) in [5.74, 6) is -0.817. The molecule has 0 aliphatic carbocycles. The Morgan fingerprint density at radius 2 is 2.11 bits per heavy atom. The highest BCUT2D eigenvalue weighted by Gasteiger charge is 2.26. The van der Waals surface area contributed by atoms with E-state index in [1.807, 2.05) is 13.8 Å². The minimum atomic E-state index is -0.550. The minimum Gasteiger partial charge on any atom is -0.462 e. The normalized spacial score (nSPS) is 11.2. The molecule has 0 saturated heterocycles. The monoisotopic (exact) mass is 285 g/mol. The van der Waals surface area contributed by atoms with E-state index in [2.05, 4.69) is 9.69 Å². The number of nitrogens with two attached hydrogens (primary N) is 1. The number of primary amides is 1. The number of aryl methyl sites for hydroxylation is 1. The van der Waals surface area contributed by atoms with Crippen LogP contribution >= 0.6 is 11.5 Å². The molecule has 0 aliphatic rings. The lowest BCUT2D eigenvalue weighted by Gasteiger charge is -2.25. The van der Waals surface area contributed by atoms with Crippen molar-refractivity contribution in [1.82, 2.24) is 4.37 Å². The summed E-state index contributed by atoms with van der Waals surface area (Å²) >= 11 is 1.17. The van der Waals surface area contributed by atoms with Crippen LogP contribution in [-0.2, 0) is 9.53 Å². The van der Waals surface area contributed by atoms with Crippen molar-refractivity contribution in [3.63, 3.8) is 0 Å². The van der Waals surface area contributed by atoms with Gasteiger partial charge in [0, 0.05) is 12.0 Å². The van der Waals surface area contributed by atoms with Crippen molar-refractivity contribution in [2.75, 3.05) is 11.9 Å². The predicted octanol–water partition coefficient (Wildman–Crippen LogP) is 1.69. The van der Waals surface area contributed by atoms with Crippen LogP contribution in [0.2, 0.25) is 0 Å². The third-order valence-electron chi connectivity index (χ3n) is 2.41. The molecule has 106 valence electrons. The van der Waals surface area contributed by atoms with E-state index in [9.17, 15) is 9.59 Å². The van der Waals surface area contributed by atoms with Crippen molar-refractivity contribution in [3.8, 4) is 0 Å². The molecule has 0 atom stereocenters. The van der Waals surface area contributed by atoms with Crippen LogP contribution in [0.1, 0.15) is 43.2 Å². The van der Waals surface area contributed by atoms with E-state index < -0.39 is 17.4 Å². The second-order valence-electron chi connectivity index (χ2n) is 4.84. The molecule has 0 fully saturated rings. The van der Waals surface area contributed by atoms with Gasteiger partial charge in [0.1, 0.15) is 10.6 Å². The summed E-state index contributed by atoms with van der Waals surface area (Å²) in [7, 11) is 0. The fourth-order valence-corrected chi connectivity index (χ4v) is 2.65. The van der Waals surface area contributed by atoms with E-state index >= 15 is 0 Å². The van der Waals surface area contributed by atoms with Crippen LogP contribution in [-0.4, -0.2) is 28.4 Å². The van der Waals surface area contributed by atoms with Gasteiger partial charge in [0.15, 0.2) is 0 Å². The van der Waals surface area contributed by atoms with Crippen LogP contribution in [0.5, 0.6) is 0 Å². The Morgan fingerprint density at radius 3 is 2.63 bits per heavy atom. The molecule has 0 unspecified atom stereocenters. The number of ether oxygens (including phenoxy) is 1. The molecule has 19 heavy (non-hydrogen) atoms. The number of nitrogens with one attached hydrogen (secondary N) is 1. The van der Waals surface area contributed by atoms with Crippen molar-refractivity contribution in [2.45, 2.75) is 39.7 Å². The maximum atomic E-state index is 11.9. The lowest BCUT2D eigenvalue weighted by Crippen LogP contribution is -2.36. The zero-order valence-electron chi connectivity index (χ0n) is 11.6. The predicted molar refractivity (Wildman–Crippen MR) is 74.3 cm³/mol. The third kappa shape index (κ3) is 4.20. The number of carbonyl (C=O) groups excluding carboxylic acids is 2. The highest BCUT2D eigenvalue weighted by molar-refractivity contribution is 7.10. The number of carbonyl (C=O) groups is 2. The van der Waals surface area contributed by atoms with Gasteiger partial charge in [-0.2, -0.15) is 4.37 Å². The van der Waals surface area contributed by atoms with Gasteiger partial charge in [0.25, 0.3) is 0 Å². The van der Waals surface area contributed by atoms with Crippen molar-refractivity contribution in [3.05, 3.63) is 11.3 Å². The van der Waals surface area contributed by atoms with Crippen molar-refractivity contribution in [1.29, 1.82) is 0 Å². The topological polar surface area (TPSA) is 94.3 Å². The second kappa shape index (κ2) is 6.01. The summed E-state index contributed by atoms with van der Waals surface area (Å²) in [6, 6.07) is 0. The molecule has 0 aliphatic heterocycles. The van der Waals surface area contributed by atoms with Gasteiger partial charge in [-0.25, -0.2) is 4.79 Å². The quantitative estimate of drug-likeness (QED) is 0.776. The number of anilines is 1. The van der Waals surface area contributed by atoms with Crippen LogP contribution in [0.25, 0.3) is 0 Å². The van der Waals surface area contributed by atoms with Gasteiger partial charge in [0.2, 0.25) is 5.91 Å². The Balaban J connectivity index is 2.96. The standard InChI is InChI=1S/C12H19N3O3S/c1-5-18-11(17)9-7(2)15-19-10(9)14-12(3,4)6-8(13)16/h14H,5-6H2,1-4H3,(H2,13,16). The first kappa shape index (κ1) is 15.4. The van der Waals surface area contributed by atoms with E-state index in [0.29, 0.717) is 22.9 Å². The molecule has 0 radical (unpaired) electrons. The molecule has 1 heterocycles. The number of rotatable bonds is 6. The van der Waals surface area contributed by atoms with Crippen LogP contribution in [0, 0.1) is 6.92 Å². The van der Waals surface area contributed by atoms with Crippen LogP contribution in [0.4, 0.5) is 5.00 Å². The number of nitrogens with zero attached hydrogens (tertiary/aromatic N) is 1. The highest BCUT2D eigenvalue weighted by Crippen LogP contribution is 2.29. The van der Waals surface area contributed by atoms with E-state index in [4.69, 9.17) is 10.5 Å². The molecule has 0 aromatic carbocycles. The number of hydrogen-bond donors (Lipinski definition) is 2. The number of hydrogen-bond acceptors (Lipinski definition) is 6. The van der Waals surface area contributed by atoms with E-state index in [1.54, 1.807) is 13.8 Å². The molecular weight excluding hydrogens is 266 g/mol. The SMILES string of the molecule is CCOC(=O)c1c(C)nsc1NC(C)(C)CC(N)=O. The molecule has 0 bridgehead atoms. The van der Waals surface area contributed by atoms with Crippen LogP contribution < -0.4 is 11.1 Å². The van der Waals surface area contributed by atoms with Crippen LogP contribution in [0.3, 0.4) is 0 Å². The number of esters is 1. The highest BCUT2D eigenvalue weighted by atomic mass is 32.1. The molecule has 0 saturated carbocycles. The average Bonchev–Trinajstić information content (AvgIpc) is 2.57. The Bertz CT molecular complexity index is 483. The van der Waals surface area contributed by atoms with E-state index in [1.165, 1.54) is 11.5 Å². The summed E-state index contributed by atoms with van der Waals surface area (Å²) in [6.07, 6.45) is 0.159. The maximum Gasteiger partial charge on any atom is 0.343 e. The first-order valence-corrected chi connectivity index (χ1v) is 6.74. The van der Waals surface area contributed by atoms with Crippen molar-refractivity contribution < 1.29 is 14.3 Å². The number of aromatic nitrogens is 1. The molecule has 1 aromatic rings. The number of amides is 1. The first-order chi connectivity index (χ1) is 8.76. The molecule has 0 spiro atoms. The molecule has 3 N–H and O–H groups in total. The van der Waals surface area contributed by atoms with Gasteiger partial charge in [0.05, 0.1) is 12.3 Å². The molecule has 6 nitrogen and oxygen atoms in total. The zero-order valence-corrected chi connectivity index (χ0v) is 12.4. The average molecular weight is 285 g/mol. The van der Waals surface area contributed by atoms with Gasteiger partial charge in [-0.05, 0) is 39.2 Å². The van der Waals surface area contributed by atoms with Gasteiger partial charge >= 0.3 is 5.97 Å². The molecule has 1 amide bonds. The summed E-state index contributed by atoms with van der Waals surface area (Å²) < 4.78 is 9.14. The Kier molecular flexibility index (Phi) is 4.88. The summed E-state index contributed by atoms with van der Waals surface area (Å²) in [5, 5.41) is 3.73. The Hall–Kier alpha value is -1.63. The first-order valence-electron chi connectivity index (χ1n) is 5.96. The van der Waals surface area contributed by atoms with Crippen molar-refractivity contribution >= 4 is 28.4 Å². The Labute approximate surface area is 116 Å². The van der Waals surface area contributed by atoms with Gasteiger partial charge < -0.3 is 15.8 Å². The van der Waals surface area contributed by atoms with E-state index in [-0.39, 0.29) is 6.42 Å². The molecular formula is C12H19N3O3S. The molecule has 1 rings (SSSR count). The lowest BCUT2D eigenvalue weighted by atomic mass is 10.0. The largest absolute Gasteiger partial charge is 0.462 e. The maximum absolute atomic E-state index is 11.9. The Morgan fingerprint density at radius 1 is 1.47 bits per heavy atom. The fourth-order valence-electron chi connectivity index (χ4n) is 1.69. The third-order valence-corrected chi connectivity index (χ3v) is 3.26. The summed E-state index contributed by atoms with van der Waals surface area (Å²) in [4.78, 5) is 22.9. The minimum absolute atomic E-state index is 0.159. The fraction of sp³-hybridized carbons (Fsp3) is 0.583. The molecule has 1 aromatic heterocycles. The van der Waals surface area contributed by atoms with Gasteiger partial charge in [-0.1, -0.05) is 0 Å². The van der Waals surface area contributed by atoms with E-state index in [0.717, 1.165) is 0 Å². The second-order valence-corrected chi connectivity index (χ2v) is 5.62. The van der Waals surface area contributed by atoms with Crippen LogP contribution in [0.15, 0.2) is 0 Å². The van der Waals surface area contributed by atoms with Crippen molar-refractivity contribution in [2.24, 2.45) is 5.73 Å². The van der Waals surface area contributed by atoms with Gasteiger partial charge in [-0.3, -0.25) is 4.79 Å². The summed E-state index contributed by atoms with van der Waals surface area (Å²) in [6.45, 7) is 7.47. The zero-order chi connectivity index (χ0) is 14.6. The van der Waals surface area contributed by atoms with Gasteiger partial charge in [-0.15, -0.1) is 0 Å². The smallest absolute Gasteiger partial charge is 0.343 e. The molecule has 7 heteroatoms. The lowest BCUT2D eigenvalue weighted by molar-refractivity contribution is -0.118. The summed E-state index contributed by atoms with van der Waals surface area (Å²) in [5.41, 5.74) is 5.68.